The number of anilines is 1. The molecule has 122 valence electrons. The van der Waals surface area contributed by atoms with E-state index in [0.29, 0.717) is 11.4 Å². The van der Waals surface area contributed by atoms with Crippen LogP contribution < -0.4 is 5.32 Å². The summed E-state index contributed by atoms with van der Waals surface area (Å²) in [5.74, 6) is 1.15. The van der Waals surface area contributed by atoms with Crippen LogP contribution in [0.25, 0.3) is 33.4 Å². The minimum atomic E-state index is -0.243. The van der Waals surface area contributed by atoms with Crippen LogP contribution in [0.5, 0.6) is 0 Å². The van der Waals surface area contributed by atoms with E-state index in [1.54, 1.807) is 12.1 Å². The number of nitrogens with one attached hydrogen (secondary N) is 1. The van der Waals surface area contributed by atoms with E-state index in [0.717, 1.165) is 27.8 Å². The monoisotopic (exact) mass is 329 g/mol. The molecule has 0 saturated carbocycles. The van der Waals surface area contributed by atoms with Gasteiger partial charge in [0.15, 0.2) is 5.82 Å². The molecule has 1 heterocycles. The average molecular weight is 329 g/mol. The fraction of sp³-hybridized carbons (Fsp3) is 0.0476. The maximum atomic E-state index is 14.1. The Morgan fingerprint density at radius 3 is 2.32 bits per heavy atom. The van der Waals surface area contributed by atoms with Gasteiger partial charge in [-0.05, 0) is 23.8 Å². The number of fused-ring (bicyclic) bond motifs is 1. The molecule has 0 saturated heterocycles. The van der Waals surface area contributed by atoms with E-state index in [1.165, 1.54) is 6.07 Å². The number of rotatable bonds is 3. The summed E-state index contributed by atoms with van der Waals surface area (Å²) in [6.45, 7) is 0. The summed E-state index contributed by atoms with van der Waals surface area (Å²) in [7, 11) is 1.83. The third-order valence-electron chi connectivity index (χ3n) is 4.15. The highest BCUT2D eigenvalue weighted by molar-refractivity contribution is 5.93. The van der Waals surface area contributed by atoms with Crippen LogP contribution in [0.1, 0.15) is 0 Å². The van der Waals surface area contributed by atoms with Gasteiger partial charge in [0.25, 0.3) is 0 Å². The molecule has 0 unspecified atom stereocenters. The number of halogens is 1. The van der Waals surface area contributed by atoms with Crippen molar-refractivity contribution in [1.82, 2.24) is 9.97 Å². The highest BCUT2D eigenvalue weighted by Gasteiger charge is 2.11. The van der Waals surface area contributed by atoms with Gasteiger partial charge >= 0.3 is 0 Å². The van der Waals surface area contributed by atoms with Gasteiger partial charge in [-0.3, -0.25) is 0 Å². The Labute approximate surface area is 145 Å². The zero-order valence-electron chi connectivity index (χ0n) is 13.7. The fourth-order valence-corrected chi connectivity index (χ4v) is 2.90. The summed E-state index contributed by atoms with van der Waals surface area (Å²) in [5, 5.41) is 4.03. The zero-order chi connectivity index (χ0) is 17.2. The van der Waals surface area contributed by atoms with Crippen molar-refractivity contribution in [2.24, 2.45) is 0 Å². The molecule has 4 rings (SSSR count). The van der Waals surface area contributed by atoms with Gasteiger partial charge < -0.3 is 5.32 Å². The van der Waals surface area contributed by atoms with Gasteiger partial charge in [0.2, 0.25) is 0 Å². The lowest BCUT2D eigenvalue weighted by atomic mass is 10.0. The second-order valence-corrected chi connectivity index (χ2v) is 5.72. The standard InChI is InChI=1S/C21H16FN3/c1-23-21-17-12-11-15(16-9-5-6-10-18(16)22)13-19(17)24-20(25-21)14-7-3-2-4-8-14/h2-13H,1H3,(H,23,24,25). The highest BCUT2D eigenvalue weighted by atomic mass is 19.1. The smallest absolute Gasteiger partial charge is 0.162 e. The van der Waals surface area contributed by atoms with Crippen molar-refractivity contribution in [3.8, 4) is 22.5 Å². The quantitative estimate of drug-likeness (QED) is 0.565. The number of hydrogen-bond acceptors (Lipinski definition) is 3. The van der Waals surface area contributed by atoms with Crippen LogP contribution in [0, 0.1) is 5.82 Å². The van der Waals surface area contributed by atoms with Gasteiger partial charge in [0, 0.05) is 23.6 Å². The molecule has 0 aliphatic carbocycles. The minimum Gasteiger partial charge on any atom is -0.373 e. The lowest BCUT2D eigenvalue weighted by Crippen LogP contribution is -1.99. The molecule has 0 bridgehead atoms. The first-order valence-corrected chi connectivity index (χ1v) is 8.06. The molecule has 4 aromatic rings. The first-order valence-electron chi connectivity index (χ1n) is 8.06. The molecule has 0 fully saturated rings. The van der Waals surface area contributed by atoms with Crippen LogP contribution in [0.3, 0.4) is 0 Å². The summed E-state index contributed by atoms with van der Waals surface area (Å²) in [6.07, 6.45) is 0. The summed E-state index contributed by atoms with van der Waals surface area (Å²) >= 11 is 0. The molecule has 0 aliphatic heterocycles. The first kappa shape index (κ1) is 15.3. The van der Waals surface area contributed by atoms with Crippen LogP contribution in [0.4, 0.5) is 10.2 Å². The Balaban J connectivity index is 1.93. The predicted octanol–water partition coefficient (Wildman–Crippen LogP) is 5.14. The van der Waals surface area contributed by atoms with E-state index in [-0.39, 0.29) is 5.82 Å². The highest BCUT2D eigenvalue weighted by Crippen LogP contribution is 2.30. The number of nitrogens with zero attached hydrogens (tertiary/aromatic N) is 2. The predicted molar refractivity (Wildman–Crippen MR) is 99.9 cm³/mol. The molecule has 0 spiro atoms. The topological polar surface area (TPSA) is 37.8 Å². The van der Waals surface area contributed by atoms with Crippen molar-refractivity contribution >= 4 is 16.7 Å². The van der Waals surface area contributed by atoms with Gasteiger partial charge in [-0.2, -0.15) is 0 Å². The molecule has 1 aromatic heterocycles. The summed E-state index contributed by atoms with van der Waals surface area (Å²) in [4.78, 5) is 9.31. The van der Waals surface area contributed by atoms with Gasteiger partial charge in [-0.25, -0.2) is 14.4 Å². The zero-order valence-corrected chi connectivity index (χ0v) is 13.7. The SMILES string of the molecule is CNc1nc(-c2ccccc2)nc2cc(-c3ccccc3F)ccc12. The molecule has 0 amide bonds. The molecule has 4 heteroatoms. The second-order valence-electron chi connectivity index (χ2n) is 5.72. The molecular formula is C21H16FN3. The average Bonchev–Trinajstić information content (AvgIpc) is 2.67. The van der Waals surface area contributed by atoms with E-state index in [9.17, 15) is 4.39 Å². The number of benzene rings is 3. The molecule has 3 aromatic carbocycles. The summed E-state index contributed by atoms with van der Waals surface area (Å²) in [5.41, 5.74) is 3.08. The van der Waals surface area contributed by atoms with Crippen molar-refractivity contribution in [3.05, 3.63) is 78.6 Å². The Bertz CT molecular complexity index is 1050. The van der Waals surface area contributed by atoms with Gasteiger partial charge in [-0.15, -0.1) is 0 Å². The Hall–Kier alpha value is -3.27. The van der Waals surface area contributed by atoms with Crippen LogP contribution in [-0.2, 0) is 0 Å². The fourth-order valence-electron chi connectivity index (χ4n) is 2.90. The molecule has 0 aliphatic rings. The van der Waals surface area contributed by atoms with E-state index in [2.05, 4.69) is 10.3 Å². The van der Waals surface area contributed by atoms with E-state index in [4.69, 9.17) is 4.98 Å². The largest absolute Gasteiger partial charge is 0.373 e. The lowest BCUT2D eigenvalue weighted by Gasteiger charge is -2.10. The van der Waals surface area contributed by atoms with Crippen molar-refractivity contribution < 1.29 is 4.39 Å². The number of hydrogen-bond donors (Lipinski definition) is 1. The molecule has 25 heavy (non-hydrogen) atoms. The van der Waals surface area contributed by atoms with Gasteiger partial charge in [0.1, 0.15) is 11.6 Å². The molecule has 0 radical (unpaired) electrons. The third kappa shape index (κ3) is 2.83. The van der Waals surface area contributed by atoms with Crippen LogP contribution >= 0.6 is 0 Å². The van der Waals surface area contributed by atoms with Crippen molar-refractivity contribution in [2.75, 3.05) is 12.4 Å². The summed E-state index contributed by atoms with van der Waals surface area (Å²) in [6, 6.07) is 22.3. The van der Waals surface area contributed by atoms with Crippen molar-refractivity contribution in [1.29, 1.82) is 0 Å². The molecule has 0 atom stereocenters. The van der Waals surface area contributed by atoms with Crippen molar-refractivity contribution in [2.45, 2.75) is 0 Å². The molecule has 3 nitrogen and oxygen atoms in total. The van der Waals surface area contributed by atoms with Crippen LogP contribution in [-0.4, -0.2) is 17.0 Å². The molecule has 1 N–H and O–H groups in total. The lowest BCUT2D eigenvalue weighted by molar-refractivity contribution is 0.631. The maximum absolute atomic E-state index is 14.1. The third-order valence-corrected chi connectivity index (χ3v) is 4.15. The van der Waals surface area contributed by atoms with E-state index < -0.39 is 0 Å². The Morgan fingerprint density at radius 2 is 1.56 bits per heavy atom. The Kier molecular flexibility index (Phi) is 3.86. The molecular weight excluding hydrogens is 313 g/mol. The van der Waals surface area contributed by atoms with Gasteiger partial charge in [-0.1, -0.05) is 54.6 Å². The minimum absolute atomic E-state index is 0.243. The van der Waals surface area contributed by atoms with Crippen molar-refractivity contribution in [3.63, 3.8) is 0 Å². The normalized spacial score (nSPS) is 10.8. The first-order chi connectivity index (χ1) is 12.3. The van der Waals surface area contributed by atoms with Gasteiger partial charge in [0.05, 0.1) is 5.52 Å². The van der Waals surface area contributed by atoms with Crippen LogP contribution in [0.2, 0.25) is 0 Å². The Morgan fingerprint density at radius 1 is 0.800 bits per heavy atom. The summed E-state index contributed by atoms with van der Waals surface area (Å²) < 4.78 is 14.1. The second kappa shape index (κ2) is 6.32. The van der Waals surface area contributed by atoms with E-state index in [1.807, 2.05) is 61.6 Å². The van der Waals surface area contributed by atoms with E-state index >= 15 is 0 Å². The van der Waals surface area contributed by atoms with Crippen LogP contribution in [0.15, 0.2) is 72.8 Å². The number of aromatic nitrogens is 2. The maximum Gasteiger partial charge on any atom is 0.162 e.